The maximum absolute atomic E-state index is 13.2. The number of azide groups is 1. The van der Waals surface area contributed by atoms with Crippen molar-refractivity contribution in [3.63, 3.8) is 0 Å². The number of nitrogens with one attached hydrogen (secondary N) is 3. The van der Waals surface area contributed by atoms with Crippen molar-refractivity contribution in [3.05, 3.63) is 231 Å². The number of nitriles is 1. The first kappa shape index (κ1) is 72.0. The van der Waals surface area contributed by atoms with Crippen LogP contribution < -0.4 is 20.1 Å². The van der Waals surface area contributed by atoms with Crippen LogP contribution in [0.5, 0.6) is 23.0 Å². The minimum atomic E-state index is -2.45. The molecule has 0 aliphatic carbocycles. The number of H-pyrrole nitrogens is 1. The van der Waals surface area contributed by atoms with Crippen LogP contribution in [0.1, 0.15) is 147 Å². The number of anilines is 2. The molecule has 0 spiro atoms. The number of carbonyl (C=O) groups is 2. The summed E-state index contributed by atoms with van der Waals surface area (Å²) in [6, 6.07) is 60.8. The minimum Gasteiger partial charge on any atom is -0.455 e. The zero-order valence-corrected chi connectivity index (χ0v) is 57.7. The molecule has 0 saturated carbocycles. The Labute approximate surface area is 550 Å². The van der Waals surface area contributed by atoms with Gasteiger partial charge >= 0.3 is 105 Å². The normalized spacial score (nSPS) is 11.0. The van der Waals surface area contributed by atoms with Gasteiger partial charge in [-0.2, -0.15) is 10.5 Å². The molecule has 0 aliphatic heterocycles. The number of aromatic amines is 1. The molecule has 0 bridgehead atoms. The van der Waals surface area contributed by atoms with Crippen molar-refractivity contribution in [1.29, 1.82) is 5.26 Å². The molecule has 1 aromatic heterocycles. The van der Waals surface area contributed by atoms with E-state index in [0.717, 1.165) is 72.7 Å². The fourth-order valence-electron chi connectivity index (χ4n) is 10.7. The predicted molar refractivity (Wildman–Crippen MR) is 380 cm³/mol. The molecule has 0 fully saturated rings. The van der Waals surface area contributed by atoms with Crippen LogP contribution in [0, 0.1) is 25.2 Å². The number of ether oxygens (including phenoxy) is 2. The number of aryl methyl sites for hydroxylation is 2. The summed E-state index contributed by atoms with van der Waals surface area (Å²) in [4.78, 5) is 29.4. The van der Waals surface area contributed by atoms with Gasteiger partial charge in [-0.15, -0.1) is 10.2 Å². The SMILES string of the molecule is C.CCC[CH2][Sn]([CH2]CCC)([CH2]CCC)[N]=[N+]=[N-].Cc1ccc(CC(=O)Nc2cc(-c3ccccc3-c3nn[nH]n3)ccc2Oc2ccccc2C(C)(C)C)cc1.Cc1ccc(CC(=O)Nc2cc(-c3ccccc3C#N)ccc2Oc2ccccc2C(C)(C)C)cc1. The molecule has 2 amide bonds. The Morgan fingerprint density at radius 2 is 0.978 bits per heavy atom. The van der Waals surface area contributed by atoms with Gasteiger partial charge < -0.3 is 20.1 Å². The second-order valence-electron chi connectivity index (χ2n) is 25.2. The van der Waals surface area contributed by atoms with Gasteiger partial charge in [-0.25, -0.2) is 0 Å². The van der Waals surface area contributed by atoms with E-state index in [1.54, 1.807) is 6.07 Å². The summed E-state index contributed by atoms with van der Waals surface area (Å²) < 4.78 is 21.1. The van der Waals surface area contributed by atoms with E-state index in [2.05, 4.69) is 120 Å². The second-order valence-corrected chi connectivity index (χ2v) is 37.0. The standard InChI is InChI=1S/C32H31N5O2.C32H30N2O2.3C4H9.CH4.N3.Sn/c1-21-13-15-22(16-14-21)19-30(38)33-27-20-23(24-9-5-6-10-25(24)31-34-36-37-35-31)17-18-29(27)39-28-12-8-7-11-26(28)32(2,3)4;1-22-13-15-23(16-14-22)19-31(35)34-28-20-24(26-10-6-5-9-25(26)21-33)17-18-30(28)36-29-12-8-7-11-27(29)32(2,3)4;3*1-3-4-2;;1-3-2;/h5-18,20H,19H2,1-4H3,(H,33,38)(H,34,35,36,37);5-18,20H,19H2,1-4H3,(H,34,35);3*1,3-4H2,2H3;1H4;;/q;;;;;;-1;+1. The van der Waals surface area contributed by atoms with E-state index in [1.807, 2.05) is 178 Å². The van der Waals surface area contributed by atoms with E-state index >= 15 is 0 Å². The van der Waals surface area contributed by atoms with Crippen LogP contribution in [0.25, 0.3) is 44.1 Å². The van der Waals surface area contributed by atoms with E-state index in [1.165, 1.54) is 51.8 Å². The minimum absolute atomic E-state index is 0. The molecule has 3 N–H and O–H groups in total. The summed E-state index contributed by atoms with van der Waals surface area (Å²) in [5.41, 5.74) is 20.9. The summed E-state index contributed by atoms with van der Waals surface area (Å²) in [7, 11) is 0. The zero-order valence-electron chi connectivity index (χ0n) is 54.9. The van der Waals surface area contributed by atoms with Crippen LogP contribution in [-0.2, 0) is 33.3 Å². The number of tetrazole rings is 1. The van der Waals surface area contributed by atoms with E-state index in [-0.39, 0.29) is 42.9 Å². The molecule has 1 heterocycles. The van der Waals surface area contributed by atoms with Crippen molar-refractivity contribution in [1.82, 2.24) is 20.6 Å². The summed E-state index contributed by atoms with van der Waals surface area (Å²) >= 11 is -2.45. The Hall–Kier alpha value is -9.03. The molecular weight excluding hydrogens is 1250 g/mol. The van der Waals surface area contributed by atoms with Crippen molar-refractivity contribution in [2.45, 2.75) is 159 Å². The molecule has 8 aromatic carbocycles. The Kier molecular flexibility index (Phi) is 27.4. The monoisotopic (exact) mass is 1340 g/mol. The number of rotatable bonds is 23. The van der Waals surface area contributed by atoms with Gasteiger partial charge in [-0.05, 0) is 106 Å². The summed E-state index contributed by atoms with van der Waals surface area (Å²) in [5.74, 6) is 2.82. The zero-order chi connectivity index (χ0) is 65.4. The third-order valence-corrected chi connectivity index (χ3v) is 28.2. The number of benzene rings is 8. The van der Waals surface area contributed by atoms with Gasteiger partial charge in [0.15, 0.2) is 11.5 Å². The number of carbonyl (C=O) groups excluding carboxylic acids is 2. The largest absolute Gasteiger partial charge is 0.455 e. The molecule has 15 heteroatoms. The average Bonchev–Trinajstić information content (AvgIpc) is 1.31. The number of nitrogens with zero attached hydrogens (tertiary/aromatic N) is 7. The Balaban J connectivity index is 0.000000236. The van der Waals surface area contributed by atoms with Crippen LogP contribution in [0.2, 0.25) is 13.3 Å². The van der Waals surface area contributed by atoms with Crippen molar-refractivity contribution in [2.75, 3.05) is 10.6 Å². The van der Waals surface area contributed by atoms with Crippen molar-refractivity contribution in [3.8, 4) is 62.7 Å². The Morgan fingerprint density at radius 3 is 1.39 bits per heavy atom. The van der Waals surface area contributed by atoms with Gasteiger partial charge in [0.05, 0.1) is 35.8 Å². The molecule has 0 unspecified atom stereocenters. The molecule has 14 nitrogen and oxygen atoms in total. The molecule has 9 aromatic rings. The summed E-state index contributed by atoms with van der Waals surface area (Å²) in [5, 5.41) is 30.3. The average molecular weight is 1340 g/mol. The number of aromatic nitrogens is 4. The van der Waals surface area contributed by atoms with Crippen LogP contribution in [0.3, 0.4) is 0 Å². The van der Waals surface area contributed by atoms with Crippen molar-refractivity contribution < 1.29 is 19.1 Å². The molecule has 0 aliphatic rings. The van der Waals surface area contributed by atoms with Crippen LogP contribution in [0.15, 0.2) is 185 Å². The van der Waals surface area contributed by atoms with E-state index in [9.17, 15) is 14.9 Å². The molecule has 0 atom stereocenters. The van der Waals surface area contributed by atoms with E-state index < -0.39 is 18.7 Å². The Morgan fingerprint density at radius 1 is 0.565 bits per heavy atom. The third kappa shape index (κ3) is 21.0. The van der Waals surface area contributed by atoms with Gasteiger partial charge in [-0.1, -0.05) is 200 Å². The summed E-state index contributed by atoms with van der Waals surface area (Å²) in [6.07, 6.45) is 8.00. The first-order chi connectivity index (χ1) is 43.8. The molecular formula is C77H92N10O4Sn. The first-order valence-corrected chi connectivity index (χ1v) is 39.0. The van der Waals surface area contributed by atoms with E-state index in [4.69, 9.17) is 15.0 Å². The number of amides is 2. The molecule has 9 rings (SSSR count). The van der Waals surface area contributed by atoms with Crippen molar-refractivity contribution >= 4 is 41.8 Å². The van der Waals surface area contributed by atoms with Gasteiger partial charge in [0.25, 0.3) is 0 Å². The second kappa shape index (κ2) is 35.0. The fraction of sp³-hybridized carbons (Fsp3) is 0.325. The molecule has 478 valence electrons. The van der Waals surface area contributed by atoms with Crippen LogP contribution >= 0.6 is 0 Å². The predicted octanol–water partition coefficient (Wildman–Crippen LogP) is 21.2. The topological polar surface area (TPSA) is 204 Å². The molecule has 0 radical (unpaired) electrons. The first-order valence-electron chi connectivity index (χ1n) is 31.7. The van der Waals surface area contributed by atoms with Gasteiger partial charge in [0.1, 0.15) is 11.5 Å². The van der Waals surface area contributed by atoms with Gasteiger partial charge in [-0.3, -0.25) is 9.59 Å². The smallest absolute Gasteiger partial charge is 0.228 e. The van der Waals surface area contributed by atoms with E-state index in [0.29, 0.717) is 34.3 Å². The molecule has 92 heavy (non-hydrogen) atoms. The fourth-order valence-corrected chi connectivity index (χ4v) is 22.9. The molecule has 0 saturated heterocycles. The summed E-state index contributed by atoms with van der Waals surface area (Å²) in [6.45, 7) is 23.6. The maximum atomic E-state index is 13.2. The number of hydrogen-bond donors (Lipinski definition) is 3. The number of unbranched alkanes of at least 4 members (excludes halogenated alkanes) is 3. The van der Waals surface area contributed by atoms with Crippen LogP contribution in [-0.4, -0.2) is 51.1 Å². The van der Waals surface area contributed by atoms with Gasteiger partial charge in [0, 0.05) is 16.7 Å². The quantitative estimate of drug-likeness (QED) is 0.0243. The number of hydrogen-bond acceptors (Lipinski definition) is 9. The van der Waals surface area contributed by atoms with Crippen molar-refractivity contribution in [2.24, 2.45) is 3.34 Å². The number of para-hydroxylation sites is 2. The van der Waals surface area contributed by atoms with Gasteiger partial charge in [0.2, 0.25) is 17.6 Å². The third-order valence-electron chi connectivity index (χ3n) is 15.7. The Bertz CT molecular complexity index is 3890. The van der Waals surface area contributed by atoms with Crippen LogP contribution in [0.4, 0.5) is 11.4 Å². The maximum Gasteiger partial charge on any atom is 0.228 e.